The zero-order chi connectivity index (χ0) is 11.0. The van der Waals surface area contributed by atoms with E-state index in [4.69, 9.17) is 9.84 Å². The molecule has 0 amide bonds. The van der Waals surface area contributed by atoms with Gasteiger partial charge in [0.1, 0.15) is 0 Å². The Kier molecular flexibility index (Phi) is 7.21. The summed E-state index contributed by atoms with van der Waals surface area (Å²) in [4.78, 5) is 0. The fourth-order valence-corrected chi connectivity index (χ4v) is 1.49. The second-order valence-electron chi connectivity index (χ2n) is 3.82. The average molecular weight is 198 g/mol. The first-order valence-corrected chi connectivity index (χ1v) is 5.07. The van der Waals surface area contributed by atoms with E-state index in [1.165, 1.54) is 5.57 Å². The third-order valence-electron chi connectivity index (χ3n) is 2.29. The van der Waals surface area contributed by atoms with E-state index in [2.05, 4.69) is 13.2 Å². The van der Waals surface area contributed by atoms with Crippen molar-refractivity contribution in [1.29, 1.82) is 0 Å². The second-order valence-corrected chi connectivity index (χ2v) is 3.82. The molecule has 2 nitrogen and oxygen atoms in total. The highest BCUT2D eigenvalue weighted by molar-refractivity contribution is 4.91. The molecule has 0 bridgehead atoms. The summed E-state index contributed by atoms with van der Waals surface area (Å²) in [6.45, 7) is 9.94. The van der Waals surface area contributed by atoms with Crippen LogP contribution in [0.1, 0.15) is 32.6 Å². The number of allylic oxidation sites excluding steroid dienone is 2. The second kappa shape index (κ2) is 7.63. The first-order chi connectivity index (χ1) is 6.60. The lowest BCUT2D eigenvalue weighted by Gasteiger charge is -2.15. The maximum absolute atomic E-state index is 8.89. The normalized spacial score (nSPS) is 12.2. The van der Waals surface area contributed by atoms with E-state index in [-0.39, 0.29) is 6.61 Å². The summed E-state index contributed by atoms with van der Waals surface area (Å²) in [5, 5.41) is 8.89. The van der Waals surface area contributed by atoms with E-state index < -0.39 is 0 Å². The van der Waals surface area contributed by atoms with Gasteiger partial charge in [0.15, 0.2) is 0 Å². The van der Waals surface area contributed by atoms with Crippen LogP contribution in [-0.2, 0) is 4.74 Å². The Morgan fingerprint density at radius 1 is 1.36 bits per heavy atom. The quantitative estimate of drug-likeness (QED) is 0.480. The highest BCUT2D eigenvalue weighted by Crippen LogP contribution is 2.21. The topological polar surface area (TPSA) is 29.5 Å². The molecular formula is C12H22O2. The van der Waals surface area contributed by atoms with Crippen LogP contribution >= 0.6 is 0 Å². The van der Waals surface area contributed by atoms with E-state index in [9.17, 15) is 0 Å². The van der Waals surface area contributed by atoms with Crippen LogP contribution in [0.3, 0.4) is 0 Å². The van der Waals surface area contributed by atoms with E-state index in [0.29, 0.717) is 5.92 Å². The summed E-state index contributed by atoms with van der Waals surface area (Å²) in [6, 6.07) is 0. The molecule has 14 heavy (non-hydrogen) atoms. The molecule has 0 saturated carbocycles. The molecule has 1 N–H and O–H groups in total. The minimum absolute atomic E-state index is 0.247. The molecular weight excluding hydrogens is 176 g/mol. The van der Waals surface area contributed by atoms with Crippen LogP contribution in [0.15, 0.2) is 24.5 Å². The van der Waals surface area contributed by atoms with Gasteiger partial charge in [0, 0.05) is 13.0 Å². The Bertz CT molecular complexity index is 185. The largest absolute Gasteiger partial charge is 0.502 e. The summed E-state index contributed by atoms with van der Waals surface area (Å²) in [7, 11) is 1.64. The first kappa shape index (κ1) is 13.2. The highest BCUT2D eigenvalue weighted by atomic mass is 16.5. The van der Waals surface area contributed by atoms with Crippen LogP contribution in [0.25, 0.3) is 0 Å². The fourth-order valence-electron chi connectivity index (χ4n) is 1.49. The molecule has 1 atom stereocenters. The van der Waals surface area contributed by atoms with Gasteiger partial charge in [-0.1, -0.05) is 12.2 Å². The molecule has 0 radical (unpaired) electrons. The third-order valence-corrected chi connectivity index (χ3v) is 2.29. The van der Waals surface area contributed by atoms with Crippen LogP contribution in [0.4, 0.5) is 0 Å². The Hall–Kier alpha value is -0.760. The van der Waals surface area contributed by atoms with Crippen molar-refractivity contribution in [2.45, 2.75) is 32.6 Å². The summed E-state index contributed by atoms with van der Waals surface area (Å²) in [5.74, 6) is 1.32. The first-order valence-electron chi connectivity index (χ1n) is 5.07. The van der Waals surface area contributed by atoms with Gasteiger partial charge in [-0.15, -0.1) is 6.58 Å². The van der Waals surface area contributed by atoms with Gasteiger partial charge in [0.2, 0.25) is 0 Å². The summed E-state index contributed by atoms with van der Waals surface area (Å²) >= 11 is 0. The minimum Gasteiger partial charge on any atom is -0.502 e. The predicted octanol–water partition coefficient (Wildman–Crippen LogP) is 2.89. The lowest BCUT2D eigenvalue weighted by atomic mass is 9.93. The Labute approximate surface area is 87.3 Å². The van der Waals surface area contributed by atoms with Crippen molar-refractivity contribution in [3.05, 3.63) is 24.5 Å². The van der Waals surface area contributed by atoms with Gasteiger partial charge in [0.05, 0.1) is 12.9 Å². The molecule has 0 aromatic rings. The van der Waals surface area contributed by atoms with Crippen LogP contribution in [0, 0.1) is 5.92 Å². The number of methoxy groups -OCH3 is 1. The van der Waals surface area contributed by atoms with Crippen molar-refractivity contribution >= 4 is 0 Å². The molecule has 0 aliphatic carbocycles. The van der Waals surface area contributed by atoms with Gasteiger partial charge in [-0.05, 0) is 32.1 Å². The maximum Gasteiger partial charge on any atom is 0.0884 e. The standard InChI is InChI=1S/C12H22O2/c1-10(2)9-12(7-8-13)6-5-11(3)14-4/h12-13H,1,3,5-9H2,2,4H3. The van der Waals surface area contributed by atoms with Gasteiger partial charge >= 0.3 is 0 Å². The van der Waals surface area contributed by atoms with Crippen LogP contribution in [0.2, 0.25) is 0 Å². The lowest BCUT2D eigenvalue weighted by molar-refractivity contribution is 0.237. The molecule has 0 aliphatic heterocycles. The molecule has 0 spiro atoms. The zero-order valence-electron chi connectivity index (χ0n) is 9.38. The smallest absolute Gasteiger partial charge is 0.0884 e. The third kappa shape index (κ3) is 6.72. The molecule has 1 unspecified atom stereocenters. The van der Waals surface area contributed by atoms with Crippen molar-refractivity contribution in [1.82, 2.24) is 0 Å². The molecule has 82 valence electrons. The van der Waals surface area contributed by atoms with Crippen LogP contribution in [-0.4, -0.2) is 18.8 Å². The molecule has 2 heteroatoms. The van der Waals surface area contributed by atoms with Gasteiger partial charge in [-0.2, -0.15) is 0 Å². The molecule has 0 rings (SSSR count). The van der Waals surface area contributed by atoms with Gasteiger partial charge in [-0.25, -0.2) is 0 Å². The van der Waals surface area contributed by atoms with Crippen molar-refractivity contribution in [3.63, 3.8) is 0 Å². The minimum atomic E-state index is 0.247. The number of aliphatic hydroxyl groups is 1. The monoisotopic (exact) mass is 198 g/mol. The van der Waals surface area contributed by atoms with E-state index in [1.54, 1.807) is 7.11 Å². The molecule has 0 aromatic carbocycles. The number of rotatable bonds is 8. The lowest BCUT2D eigenvalue weighted by Crippen LogP contribution is -2.04. The van der Waals surface area contributed by atoms with Gasteiger partial charge in [-0.3, -0.25) is 0 Å². The number of ether oxygens (including phenoxy) is 1. The van der Waals surface area contributed by atoms with Crippen molar-refractivity contribution < 1.29 is 9.84 Å². The Balaban J connectivity index is 3.83. The molecule has 0 fully saturated rings. The summed E-state index contributed by atoms with van der Waals surface area (Å²) < 4.78 is 5.00. The van der Waals surface area contributed by atoms with Crippen molar-refractivity contribution in [3.8, 4) is 0 Å². The molecule has 0 aliphatic rings. The summed E-state index contributed by atoms with van der Waals surface area (Å²) in [6.07, 6.45) is 3.70. The zero-order valence-corrected chi connectivity index (χ0v) is 9.38. The average Bonchev–Trinajstić information content (AvgIpc) is 2.13. The predicted molar refractivity (Wildman–Crippen MR) is 60.0 cm³/mol. The van der Waals surface area contributed by atoms with E-state index in [1.807, 2.05) is 6.92 Å². The molecule has 0 saturated heterocycles. The van der Waals surface area contributed by atoms with Crippen molar-refractivity contribution in [2.24, 2.45) is 5.92 Å². The maximum atomic E-state index is 8.89. The van der Waals surface area contributed by atoms with Gasteiger partial charge in [0.25, 0.3) is 0 Å². The van der Waals surface area contributed by atoms with E-state index in [0.717, 1.165) is 31.4 Å². The fraction of sp³-hybridized carbons (Fsp3) is 0.667. The van der Waals surface area contributed by atoms with Crippen molar-refractivity contribution in [2.75, 3.05) is 13.7 Å². The highest BCUT2D eigenvalue weighted by Gasteiger charge is 2.09. The number of hydrogen-bond donors (Lipinski definition) is 1. The Morgan fingerprint density at radius 3 is 2.43 bits per heavy atom. The molecule has 0 aromatic heterocycles. The molecule has 0 heterocycles. The number of aliphatic hydroxyl groups excluding tert-OH is 1. The van der Waals surface area contributed by atoms with E-state index >= 15 is 0 Å². The van der Waals surface area contributed by atoms with Crippen LogP contribution < -0.4 is 0 Å². The van der Waals surface area contributed by atoms with Gasteiger partial charge < -0.3 is 9.84 Å². The Morgan fingerprint density at radius 2 is 2.00 bits per heavy atom. The SMILES string of the molecule is C=C(C)CC(CCO)CCC(=C)OC. The van der Waals surface area contributed by atoms with Crippen LogP contribution in [0.5, 0.6) is 0 Å². The summed E-state index contributed by atoms with van der Waals surface area (Å²) in [5.41, 5.74) is 1.17. The number of hydrogen-bond acceptors (Lipinski definition) is 2.